The van der Waals surface area contributed by atoms with E-state index in [9.17, 15) is 14.0 Å². The molecule has 2 rings (SSSR count). The molecule has 92 valence electrons. The molecule has 18 heavy (non-hydrogen) atoms. The van der Waals surface area contributed by atoms with E-state index in [-0.39, 0.29) is 18.5 Å². The van der Waals surface area contributed by atoms with Crippen molar-refractivity contribution in [2.24, 2.45) is 5.92 Å². The Morgan fingerprint density at radius 2 is 2.22 bits per heavy atom. The van der Waals surface area contributed by atoms with Gasteiger partial charge in [-0.05, 0) is 24.6 Å². The van der Waals surface area contributed by atoms with Crippen LogP contribution in [0.3, 0.4) is 0 Å². The van der Waals surface area contributed by atoms with Gasteiger partial charge in [0.05, 0.1) is 17.7 Å². The Kier molecular flexibility index (Phi) is 3.11. The quantitative estimate of drug-likeness (QED) is 0.749. The minimum absolute atomic E-state index is 0.0193. The highest BCUT2D eigenvalue weighted by molar-refractivity contribution is 6.21. The molecule has 1 saturated heterocycles. The van der Waals surface area contributed by atoms with Crippen LogP contribution in [0.25, 0.3) is 0 Å². The van der Waals surface area contributed by atoms with E-state index in [2.05, 4.69) is 0 Å². The fraction of sp³-hybridized carbons (Fsp3) is 0.308. The number of halogens is 1. The first-order chi connectivity index (χ1) is 8.54. The number of hydrogen-bond acceptors (Lipinski definition) is 3. The number of nitrogens with zero attached hydrogens (tertiary/aromatic N) is 2. The second-order valence-electron chi connectivity index (χ2n) is 4.29. The SMILES string of the molecule is Cc1ccc(F)c(N2C(=O)CC(CC#N)C2=O)c1. The third-order valence-electron chi connectivity index (χ3n) is 2.92. The smallest absolute Gasteiger partial charge is 0.238 e. The Labute approximate surface area is 104 Å². The van der Waals surface area contributed by atoms with Crippen molar-refractivity contribution in [3.63, 3.8) is 0 Å². The predicted octanol–water partition coefficient (Wildman–Crippen LogP) is 1.93. The van der Waals surface area contributed by atoms with Crippen molar-refractivity contribution in [3.8, 4) is 6.07 Å². The molecular formula is C13H11FN2O2. The van der Waals surface area contributed by atoms with Gasteiger partial charge in [-0.2, -0.15) is 5.26 Å². The van der Waals surface area contributed by atoms with E-state index < -0.39 is 23.5 Å². The Bertz CT molecular complexity index is 563. The molecule has 0 N–H and O–H groups in total. The van der Waals surface area contributed by atoms with Crippen LogP contribution in [0.2, 0.25) is 0 Å². The number of rotatable bonds is 2. The van der Waals surface area contributed by atoms with Crippen molar-refractivity contribution in [1.29, 1.82) is 5.26 Å². The molecule has 0 saturated carbocycles. The number of carbonyl (C=O) groups is 2. The van der Waals surface area contributed by atoms with Crippen molar-refractivity contribution in [3.05, 3.63) is 29.6 Å². The van der Waals surface area contributed by atoms with E-state index >= 15 is 0 Å². The first-order valence-corrected chi connectivity index (χ1v) is 5.54. The molecule has 0 radical (unpaired) electrons. The molecule has 1 aromatic carbocycles. The molecular weight excluding hydrogens is 235 g/mol. The molecule has 1 aliphatic heterocycles. The zero-order valence-electron chi connectivity index (χ0n) is 9.81. The van der Waals surface area contributed by atoms with Crippen LogP contribution in [0.4, 0.5) is 10.1 Å². The zero-order valence-corrected chi connectivity index (χ0v) is 9.81. The minimum atomic E-state index is -0.651. The molecule has 0 bridgehead atoms. The van der Waals surface area contributed by atoms with Crippen molar-refractivity contribution in [2.45, 2.75) is 19.8 Å². The summed E-state index contributed by atoms with van der Waals surface area (Å²) in [7, 11) is 0. The summed E-state index contributed by atoms with van der Waals surface area (Å²) < 4.78 is 13.7. The summed E-state index contributed by atoms with van der Waals surface area (Å²) in [5, 5.41) is 8.58. The molecule has 0 aliphatic carbocycles. The molecule has 4 nitrogen and oxygen atoms in total. The van der Waals surface area contributed by atoms with Gasteiger partial charge in [-0.25, -0.2) is 9.29 Å². The molecule has 5 heteroatoms. The lowest BCUT2D eigenvalue weighted by atomic mass is 10.1. The molecule has 0 spiro atoms. The standard InChI is InChI=1S/C13H11FN2O2/c1-8-2-3-10(14)11(6-8)16-12(17)7-9(4-5-15)13(16)18/h2-3,6,9H,4,7H2,1H3. The average molecular weight is 246 g/mol. The average Bonchev–Trinajstić information content (AvgIpc) is 2.59. The summed E-state index contributed by atoms with van der Waals surface area (Å²) >= 11 is 0. The maximum absolute atomic E-state index is 13.7. The topological polar surface area (TPSA) is 61.2 Å². The molecule has 1 fully saturated rings. The fourth-order valence-corrected chi connectivity index (χ4v) is 2.01. The molecule has 1 heterocycles. The van der Waals surface area contributed by atoms with Crippen LogP contribution >= 0.6 is 0 Å². The Morgan fingerprint density at radius 1 is 1.50 bits per heavy atom. The Morgan fingerprint density at radius 3 is 2.89 bits per heavy atom. The van der Waals surface area contributed by atoms with Crippen LogP contribution in [0.5, 0.6) is 0 Å². The largest absolute Gasteiger partial charge is 0.274 e. The number of anilines is 1. The molecule has 0 aromatic heterocycles. The summed E-state index contributed by atoms with van der Waals surface area (Å²) in [6.45, 7) is 1.75. The summed E-state index contributed by atoms with van der Waals surface area (Å²) in [6.07, 6.45) is -0.0473. The van der Waals surface area contributed by atoms with Gasteiger partial charge < -0.3 is 0 Å². The van der Waals surface area contributed by atoms with E-state index in [1.165, 1.54) is 12.1 Å². The van der Waals surface area contributed by atoms with Crippen LogP contribution in [0.1, 0.15) is 18.4 Å². The number of carbonyl (C=O) groups excluding carboxylic acids is 2. The number of imide groups is 1. The van der Waals surface area contributed by atoms with Crippen LogP contribution < -0.4 is 4.90 Å². The van der Waals surface area contributed by atoms with Gasteiger partial charge in [0.1, 0.15) is 5.82 Å². The number of nitriles is 1. The highest BCUT2D eigenvalue weighted by Gasteiger charge is 2.40. The number of amides is 2. The van der Waals surface area contributed by atoms with Crippen LogP contribution in [-0.2, 0) is 9.59 Å². The van der Waals surface area contributed by atoms with Crippen molar-refractivity contribution >= 4 is 17.5 Å². The first-order valence-electron chi connectivity index (χ1n) is 5.54. The Balaban J connectivity index is 2.39. The molecule has 1 unspecified atom stereocenters. The minimum Gasteiger partial charge on any atom is -0.274 e. The first kappa shape index (κ1) is 12.2. The maximum Gasteiger partial charge on any atom is 0.238 e. The molecule has 2 amide bonds. The van der Waals surface area contributed by atoms with Crippen molar-refractivity contribution in [2.75, 3.05) is 4.90 Å². The van der Waals surface area contributed by atoms with Gasteiger partial charge in [0.2, 0.25) is 11.8 Å². The Hall–Kier alpha value is -2.22. The summed E-state index contributed by atoms with van der Waals surface area (Å²) in [4.78, 5) is 24.6. The fourth-order valence-electron chi connectivity index (χ4n) is 2.01. The van der Waals surface area contributed by atoms with Crippen molar-refractivity contribution < 1.29 is 14.0 Å². The third kappa shape index (κ3) is 1.97. The van der Waals surface area contributed by atoms with Gasteiger partial charge in [0, 0.05) is 12.8 Å². The lowest BCUT2D eigenvalue weighted by Crippen LogP contribution is -2.31. The summed E-state index contributed by atoms with van der Waals surface area (Å²) in [6, 6.07) is 6.11. The van der Waals surface area contributed by atoms with E-state index in [0.29, 0.717) is 0 Å². The highest BCUT2D eigenvalue weighted by atomic mass is 19.1. The van der Waals surface area contributed by atoms with Gasteiger partial charge >= 0.3 is 0 Å². The lowest BCUT2D eigenvalue weighted by Gasteiger charge is -2.15. The zero-order chi connectivity index (χ0) is 13.3. The second-order valence-corrected chi connectivity index (χ2v) is 4.29. The normalized spacial score (nSPS) is 19.2. The number of aryl methyl sites for hydroxylation is 1. The highest BCUT2D eigenvalue weighted by Crippen LogP contribution is 2.30. The summed E-state index contributed by atoms with van der Waals surface area (Å²) in [5.41, 5.74) is 0.737. The van der Waals surface area contributed by atoms with Gasteiger partial charge in [0.15, 0.2) is 0 Å². The van der Waals surface area contributed by atoms with Gasteiger partial charge in [0.25, 0.3) is 0 Å². The van der Waals surface area contributed by atoms with Crippen LogP contribution in [-0.4, -0.2) is 11.8 Å². The lowest BCUT2D eigenvalue weighted by molar-refractivity contribution is -0.122. The summed E-state index contributed by atoms with van der Waals surface area (Å²) in [5.74, 6) is -2.21. The predicted molar refractivity (Wildman–Crippen MR) is 62.0 cm³/mol. The third-order valence-corrected chi connectivity index (χ3v) is 2.92. The van der Waals surface area contributed by atoms with Crippen molar-refractivity contribution in [1.82, 2.24) is 0 Å². The molecule has 1 aliphatic rings. The van der Waals surface area contributed by atoms with Gasteiger partial charge in [-0.15, -0.1) is 0 Å². The van der Waals surface area contributed by atoms with Crippen LogP contribution in [0, 0.1) is 30.0 Å². The van der Waals surface area contributed by atoms with E-state index in [4.69, 9.17) is 5.26 Å². The van der Waals surface area contributed by atoms with E-state index in [1.54, 1.807) is 13.0 Å². The molecule has 1 atom stereocenters. The second kappa shape index (κ2) is 4.57. The monoisotopic (exact) mass is 246 g/mol. The maximum atomic E-state index is 13.7. The van der Waals surface area contributed by atoms with Gasteiger partial charge in [-0.3, -0.25) is 9.59 Å². The van der Waals surface area contributed by atoms with Gasteiger partial charge in [-0.1, -0.05) is 6.07 Å². The van der Waals surface area contributed by atoms with E-state index in [1.807, 2.05) is 6.07 Å². The number of benzene rings is 1. The molecule has 1 aromatic rings. The number of hydrogen-bond donors (Lipinski definition) is 0. The van der Waals surface area contributed by atoms with E-state index in [0.717, 1.165) is 10.5 Å². The van der Waals surface area contributed by atoms with Crippen LogP contribution in [0.15, 0.2) is 18.2 Å².